The molecule has 0 unspecified atom stereocenters. The van der Waals surface area contributed by atoms with E-state index in [1.807, 2.05) is 72.8 Å². The molecule has 2 heterocycles. The van der Waals surface area contributed by atoms with Gasteiger partial charge in [0, 0.05) is 0 Å². The van der Waals surface area contributed by atoms with Gasteiger partial charge in [0.05, 0.1) is 5.52 Å². The molecule has 6 aromatic rings. The van der Waals surface area contributed by atoms with Crippen LogP contribution in [0.25, 0.3) is 44.5 Å². The number of aromatic amines is 1. The number of benzene rings is 4. The SMILES string of the molecule is Clc1nc2cc(-c3ccccc3)ccc2o1.S=c1[nH]c2cc(-c3ccccc3)ccc2o1. The first-order valence-electron chi connectivity index (χ1n) is 9.95. The van der Waals surface area contributed by atoms with Gasteiger partial charge in [-0.1, -0.05) is 72.8 Å². The zero-order valence-corrected chi connectivity index (χ0v) is 18.4. The lowest BCUT2D eigenvalue weighted by atomic mass is 10.1. The summed E-state index contributed by atoms with van der Waals surface area (Å²) in [5.74, 6) is 0. The molecule has 4 aromatic carbocycles. The highest BCUT2D eigenvalue weighted by Gasteiger charge is 2.05. The summed E-state index contributed by atoms with van der Waals surface area (Å²) >= 11 is 10.7. The summed E-state index contributed by atoms with van der Waals surface area (Å²) in [5.41, 5.74) is 7.83. The topological polar surface area (TPSA) is 55.0 Å². The molecule has 0 aliphatic carbocycles. The maximum atomic E-state index is 5.70. The van der Waals surface area contributed by atoms with Crippen LogP contribution >= 0.6 is 23.8 Å². The molecule has 0 saturated heterocycles. The molecule has 0 atom stereocenters. The Labute approximate surface area is 194 Å². The molecule has 0 saturated carbocycles. The smallest absolute Gasteiger partial charge is 0.293 e. The summed E-state index contributed by atoms with van der Waals surface area (Å²) < 4.78 is 10.5. The van der Waals surface area contributed by atoms with E-state index in [9.17, 15) is 0 Å². The van der Waals surface area contributed by atoms with Crippen LogP contribution in [0.5, 0.6) is 0 Å². The van der Waals surface area contributed by atoms with Crippen molar-refractivity contribution in [1.29, 1.82) is 0 Å². The van der Waals surface area contributed by atoms with Gasteiger partial charge in [-0.25, -0.2) is 0 Å². The molecule has 156 valence electrons. The lowest BCUT2D eigenvalue weighted by Crippen LogP contribution is -1.76. The van der Waals surface area contributed by atoms with Gasteiger partial charge in [-0.2, -0.15) is 4.98 Å². The molecule has 0 aliphatic rings. The molecule has 4 nitrogen and oxygen atoms in total. The number of nitrogens with zero attached hydrogens (tertiary/aromatic N) is 1. The van der Waals surface area contributed by atoms with E-state index < -0.39 is 0 Å². The minimum atomic E-state index is 0.181. The summed E-state index contributed by atoms with van der Waals surface area (Å²) in [6.07, 6.45) is 0. The lowest BCUT2D eigenvalue weighted by Gasteiger charge is -2.00. The molecular weight excluding hydrogens is 440 g/mol. The largest absolute Gasteiger partial charge is 0.429 e. The lowest BCUT2D eigenvalue weighted by molar-refractivity contribution is 0.583. The van der Waals surface area contributed by atoms with Crippen molar-refractivity contribution in [3.05, 3.63) is 107 Å². The van der Waals surface area contributed by atoms with Crippen molar-refractivity contribution in [3.63, 3.8) is 0 Å². The predicted molar refractivity (Wildman–Crippen MR) is 131 cm³/mol. The molecule has 0 spiro atoms. The number of hydrogen-bond donors (Lipinski definition) is 1. The van der Waals surface area contributed by atoms with Gasteiger partial charge in [0.25, 0.3) is 10.2 Å². The van der Waals surface area contributed by atoms with Gasteiger partial charge >= 0.3 is 0 Å². The number of oxazole rings is 2. The Kier molecular flexibility index (Phi) is 5.58. The number of fused-ring (bicyclic) bond motifs is 2. The number of rotatable bonds is 2. The van der Waals surface area contributed by atoms with Gasteiger partial charge in [-0.3, -0.25) is 0 Å². The van der Waals surface area contributed by atoms with E-state index in [0.29, 0.717) is 10.4 Å². The molecular formula is C26H17ClN2O2S. The molecule has 6 rings (SSSR count). The van der Waals surface area contributed by atoms with Crippen LogP contribution in [0, 0.1) is 4.84 Å². The van der Waals surface area contributed by atoms with Crippen molar-refractivity contribution in [1.82, 2.24) is 9.97 Å². The monoisotopic (exact) mass is 456 g/mol. The zero-order valence-electron chi connectivity index (χ0n) is 16.8. The summed E-state index contributed by atoms with van der Waals surface area (Å²) in [4.78, 5) is 7.53. The highest BCUT2D eigenvalue weighted by Crippen LogP contribution is 2.26. The van der Waals surface area contributed by atoms with Gasteiger partial charge in [0.2, 0.25) is 0 Å². The fourth-order valence-corrected chi connectivity index (χ4v) is 3.85. The van der Waals surface area contributed by atoms with Crippen molar-refractivity contribution in [2.75, 3.05) is 0 Å². The van der Waals surface area contributed by atoms with Crippen LogP contribution < -0.4 is 0 Å². The molecule has 0 aliphatic heterocycles. The van der Waals surface area contributed by atoms with Crippen LogP contribution in [0.4, 0.5) is 0 Å². The molecule has 2 aromatic heterocycles. The molecule has 0 amide bonds. The van der Waals surface area contributed by atoms with Crippen molar-refractivity contribution >= 4 is 46.0 Å². The average Bonchev–Trinajstić information content (AvgIpc) is 3.39. The maximum Gasteiger partial charge on any atom is 0.293 e. The quantitative estimate of drug-likeness (QED) is 0.266. The molecule has 0 bridgehead atoms. The van der Waals surface area contributed by atoms with E-state index in [0.717, 1.165) is 33.3 Å². The summed E-state index contributed by atoms with van der Waals surface area (Å²) in [5, 5.41) is 0.181. The number of H-pyrrole nitrogens is 1. The third-order valence-electron chi connectivity index (χ3n) is 4.99. The van der Waals surface area contributed by atoms with E-state index in [4.69, 9.17) is 32.7 Å². The van der Waals surface area contributed by atoms with E-state index in [2.05, 4.69) is 34.2 Å². The molecule has 0 fully saturated rings. The van der Waals surface area contributed by atoms with Crippen molar-refractivity contribution in [3.8, 4) is 22.3 Å². The van der Waals surface area contributed by atoms with E-state index in [1.54, 1.807) is 0 Å². The molecule has 32 heavy (non-hydrogen) atoms. The number of nitrogens with one attached hydrogen (secondary N) is 1. The average molecular weight is 457 g/mol. The molecule has 0 radical (unpaired) electrons. The summed E-state index contributed by atoms with van der Waals surface area (Å²) in [6.45, 7) is 0. The second-order valence-corrected chi connectivity index (χ2v) is 7.80. The highest BCUT2D eigenvalue weighted by atomic mass is 35.5. The van der Waals surface area contributed by atoms with Crippen LogP contribution in [-0.4, -0.2) is 9.97 Å². The van der Waals surface area contributed by atoms with Gasteiger partial charge < -0.3 is 13.8 Å². The third kappa shape index (κ3) is 4.35. The van der Waals surface area contributed by atoms with Crippen LogP contribution in [0.15, 0.2) is 106 Å². The summed E-state index contributed by atoms with van der Waals surface area (Å²) in [6, 6.07) is 32.2. The van der Waals surface area contributed by atoms with E-state index in [-0.39, 0.29) is 5.35 Å². The number of hydrogen-bond acceptors (Lipinski definition) is 4. The Bertz CT molecular complexity index is 1550. The van der Waals surface area contributed by atoms with Crippen LogP contribution in [0.1, 0.15) is 0 Å². The molecule has 1 N–H and O–H groups in total. The van der Waals surface area contributed by atoms with Gasteiger partial charge in [0.1, 0.15) is 5.52 Å². The van der Waals surface area contributed by atoms with E-state index >= 15 is 0 Å². The Morgan fingerprint density at radius 1 is 0.656 bits per heavy atom. The first-order chi connectivity index (χ1) is 15.7. The van der Waals surface area contributed by atoms with E-state index in [1.165, 1.54) is 5.56 Å². The third-order valence-corrected chi connectivity index (χ3v) is 5.34. The number of aromatic nitrogens is 2. The van der Waals surface area contributed by atoms with Crippen molar-refractivity contribution < 1.29 is 8.83 Å². The second-order valence-electron chi connectivity index (χ2n) is 7.11. The maximum absolute atomic E-state index is 5.70. The Balaban J connectivity index is 0.000000135. The minimum Gasteiger partial charge on any atom is -0.429 e. The van der Waals surface area contributed by atoms with Gasteiger partial charge in [0.15, 0.2) is 11.2 Å². The van der Waals surface area contributed by atoms with Crippen LogP contribution in [0.3, 0.4) is 0 Å². The van der Waals surface area contributed by atoms with Gasteiger partial charge in [-0.15, -0.1) is 0 Å². The van der Waals surface area contributed by atoms with Crippen LogP contribution in [-0.2, 0) is 0 Å². The normalized spacial score (nSPS) is 10.8. The predicted octanol–water partition coefficient (Wildman–Crippen LogP) is 8.31. The van der Waals surface area contributed by atoms with Gasteiger partial charge in [-0.05, 0) is 70.3 Å². The van der Waals surface area contributed by atoms with Crippen molar-refractivity contribution in [2.45, 2.75) is 0 Å². The Morgan fingerprint density at radius 2 is 1.25 bits per heavy atom. The zero-order chi connectivity index (χ0) is 21.9. The number of halogens is 1. The molecule has 6 heteroatoms. The Morgan fingerprint density at radius 3 is 1.91 bits per heavy atom. The summed E-state index contributed by atoms with van der Waals surface area (Å²) in [7, 11) is 0. The fraction of sp³-hybridized carbons (Fsp3) is 0. The fourth-order valence-electron chi connectivity index (χ4n) is 3.47. The minimum absolute atomic E-state index is 0.181. The van der Waals surface area contributed by atoms with Crippen molar-refractivity contribution in [2.24, 2.45) is 0 Å². The first-order valence-corrected chi connectivity index (χ1v) is 10.7. The first kappa shape index (κ1) is 20.2. The van der Waals surface area contributed by atoms with Crippen LogP contribution in [0.2, 0.25) is 5.35 Å². The highest BCUT2D eigenvalue weighted by molar-refractivity contribution is 7.71. The second kappa shape index (κ2) is 8.83. The standard InChI is InChI=1S/C13H8ClNO.C13H9NOS/c14-13-15-11-8-10(6-7-12(11)16-13)9-4-2-1-3-5-9;16-13-14-11-8-10(6-7-12(11)15-13)9-4-2-1-3-5-9/h1-8H;1-8H,(H,14,16). The Hall–Kier alpha value is -3.67.